The van der Waals surface area contributed by atoms with Crippen molar-refractivity contribution < 1.29 is 0 Å². The Morgan fingerprint density at radius 1 is 1.00 bits per heavy atom. The van der Waals surface area contributed by atoms with Crippen molar-refractivity contribution in [2.75, 3.05) is 33.2 Å². The second-order valence-corrected chi connectivity index (χ2v) is 4.85. The van der Waals surface area contributed by atoms with Gasteiger partial charge in [0.2, 0.25) is 0 Å². The number of nitrogens with zero attached hydrogens (tertiary/aromatic N) is 1. The number of likely N-dealkylation sites (tertiary alicyclic amines) is 1. The summed E-state index contributed by atoms with van der Waals surface area (Å²) in [5, 5.41) is 3.61. The molecule has 1 aliphatic carbocycles. The van der Waals surface area contributed by atoms with E-state index in [1.807, 2.05) is 0 Å². The lowest BCUT2D eigenvalue weighted by Crippen LogP contribution is -2.35. The fourth-order valence-electron chi connectivity index (χ4n) is 2.08. The third-order valence-electron chi connectivity index (χ3n) is 3.40. The number of hydrogen-bond acceptors (Lipinski definition) is 2. The SMILES string of the molecule is CN1CCC(CNCC2CC2)CC1. The van der Waals surface area contributed by atoms with Gasteiger partial charge in [-0.25, -0.2) is 0 Å². The first-order valence-electron chi connectivity index (χ1n) is 5.74. The lowest BCUT2D eigenvalue weighted by atomic mass is 9.97. The van der Waals surface area contributed by atoms with E-state index in [0.29, 0.717) is 0 Å². The van der Waals surface area contributed by atoms with Gasteiger partial charge in [0, 0.05) is 0 Å². The maximum absolute atomic E-state index is 3.61. The highest BCUT2D eigenvalue weighted by molar-refractivity contribution is 4.77. The first-order chi connectivity index (χ1) is 6.34. The van der Waals surface area contributed by atoms with E-state index in [4.69, 9.17) is 0 Å². The van der Waals surface area contributed by atoms with Crippen LogP contribution in [0, 0.1) is 11.8 Å². The summed E-state index contributed by atoms with van der Waals surface area (Å²) in [5.41, 5.74) is 0. The molecule has 2 fully saturated rings. The van der Waals surface area contributed by atoms with Crippen LogP contribution in [0.2, 0.25) is 0 Å². The maximum Gasteiger partial charge on any atom is -0.00187 e. The summed E-state index contributed by atoms with van der Waals surface area (Å²) in [6.45, 7) is 5.15. The van der Waals surface area contributed by atoms with Gasteiger partial charge in [-0.05, 0) is 70.7 Å². The van der Waals surface area contributed by atoms with E-state index in [9.17, 15) is 0 Å². The predicted molar refractivity (Wildman–Crippen MR) is 55.8 cm³/mol. The van der Waals surface area contributed by atoms with Gasteiger partial charge in [0.1, 0.15) is 0 Å². The predicted octanol–water partition coefficient (Wildman–Crippen LogP) is 1.33. The summed E-state index contributed by atoms with van der Waals surface area (Å²) in [7, 11) is 2.23. The molecule has 0 aromatic carbocycles. The van der Waals surface area contributed by atoms with Crippen LogP contribution in [0.5, 0.6) is 0 Å². The normalized spacial score (nSPS) is 26.5. The standard InChI is InChI=1S/C11H22N2/c1-13-6-4-11(5-7-13)9-12-8-10-2-3-10/h10-12H,2-9H2,1H3. The number of piperidine rings is 1. The first-order valence-corrected chi connectivity index (χ1v) is 5.74. The van der Waals surface area contributed by atoms with E-state index in [1.165, 1.54) is 51.9 Å². The van der Waals surface area contributed by atoms with Crippen LogP contribution >= 0.6 is 0 Å². The Bertz CT molecular complexity index is 146. The minimum Gasteiger partial charge on any atom is -0.316 e. The van der Waals surface area contributed by atoms with Crippen LogP contribution in [0.3, 0.4) is 0 Å². The molecule has 13 heavy (non-hydrogen) atoms. The van der Waals surface area contributed by atoms with Crippen molar-refractivity contribution >= 4 is 0 Å². The van der Waals surface area contributed by atoms with Crippen molar-refractivity contribution in [2.24, 2.45) is 11.8 Å². The van der Waals surface area contributed by atoms with Crippen molar-refractivity contribution in [3.05, 3.63) is 0 Å². The molecule has 0 atom stereocenters. The van der Waals surface area contributed by atoms with E-state index >= 15 is 0 Å². The van der Waals surface area contributed by atoms with Gasteiger partial charge in [-0.2, -0.15) is 0 Å². The second-order valence-electron chi connectivity index (χ2n) is 4.85. The summed E-state index contributed by atoms with van der Waals surface area (Å²) >= 11 is 0. The Hall–Kier alpha value is -0.0800. The average molecular weight is 182 g/mol. The molecule has 1 heterocycles. The Morgan fingerprint density at radius 3 is 2.08 bits per heavy atom. The topological polar surface area (TPSA) is 15.3 Å². The number of rotatable bonds is 4. The molecule has 0 unspecified atom stereocenters. The van der Waals surface area contributed by atoms with E-state index in [0.717, 1.165) is 11.8 Å². The van der Waals surface area contributed by atoms with E-state index in [-0.39, 0.29) is 0 Å². The summed E-state index contributed by atoms with van der Waals surface area (Å²) in [6, 6.07) is 0. The van der Waals surface area contributed by atoms with E-state index < -0.39 is 0 Å². The van der Waals surface area contributed by atoms with E-state index in [1.54, 1.807) is 0 Å². The molecule has 0 aromatic heterocycles. The summed E-state index contributed by atoms with van der Waals surface area (Å²) in [4.78, 5) is 2.44. The van der Waals surface area contributed by atoms with Crippen LogP contribution in [-0.2, 0) is 0 Å². The Morgan fingerprint density at radius 2 is 1.54 bits per heavy atom. The summed E-state index contributed by atoms with van der Waals surface area (Å²) in [5.74, 6) is 1.99. The quantitative estimate of drug-likeness (QED) is 0.705. The van der Waals surface area contributed by atoms with Crippen LogP contribution in [0.25, 0.3) is 0 Å². The van der Waals surface area contributed by atoms with Crippen molar-refractivity contribution in [2.45, 2.75) is 25.7 Å². The van der Waals surface area contributed by atoms with E-state index in [2.05, 4.69) is 17.3 Å². The molecule has 0 spiro atoms. The lowest BCUT2D eigenvalue weighted by molar-refractivity contribution is 0.216. The molecular formula is C11H22N2. The molecule has 1 saturated heterocycles. The number of nitrogens with one attached hydrogen (secondary N) is 1. The zero-order chi connectivity index (χ0) is 9.10. The number of hydrogen-bond donors (Lipinski definition) is 1. The van der Waals surface area contributed by atoms with Gasteiger partial charge in [0.15, 0.2) is 0 Å². The monoisotopic (exact) mass is 182 g/mol. The minimum atomic E-state index is 0.954. The third kappa shape index (κ3) is 3.28. The molecule has 0 bridgehead atoms. The molecule has 0 amide bonds. The Labute approximate surface area is 81.7 Å². The van der Waals surface area contributed by atoms with Crippen LogP contribution in [0.15, 0.2) is 0 Å². The molecule has 2 aliphatic rings. The van der Waals surface area contributed by atoms with Gasteiger partial charge in [0.05, 0.1) is 0 Å². The molecule has 2 rings (SSSR count). The summed E-state index contributed by atoms with van der Waals surface area (Å²) < 4.78 is 0. The van der Waals surface area contributed by atoms with Crippen LogP contribution in [0.4, 0.5) is 0 Å². The summed E-state index contributed by atoms with van der Waals surface area (Å²) in [6.07, 6.45) is 5.74. The average Bonchev–Trinajstić information content (AvgIpc) is 2.92. The second kappa shape index (κ2) is 4.43. The van der Waals surface area contributed by atoms with Gasteiger partial charge in [-0.1, -0.05) is 0 Å². The van der Waals surface area contributed by atoms with Gasteiger partial charge >= 0.3 is 0 Å². The van der Waals surface area contributed by atoms with Gasteiger partial charge in [0.25, 0.3) is 0 Å². The third-order valence-corrected chi connectivity index (χ3v) is 3.40. The molecule has 0 radical (unpaired) electrons. The van der Waals surface area contributed by atoms with Crippen molar-refractivity contribution in [3.8, 4) is 0 Å². The molecule has 1 aliphatic heterocycles. The highest BCUT2D eigenvalue weighted by atomic mass is 15.1. The molecule has 1 N–H and O–H groups in total. The molecule has 2 nitrogen and oxygen atoms in total. The van der Waals surface area contributed by atoms with Crippen LogP contribution in [-0.4, -0.2) is 38.1 Å². The van der Waals surface area contributed by atoms with Crippen molar-refractivity contribution in [3.63, 3.8) is 0 Å². The van der Waals surface area contributed by atoms with Gasteiger partial charge < -0.3 is 10.2 Å². The van der Waals surface area contributed by atoms with Crippen molar-refractivity contribution in [1.29, 1.82) is 0 Å². The lowest BCUT2D eigenvalue weighted by Gasteiger charge is -2.29. The van der Waals surface area contributed by atoms with Gasteiger partial charge in [-0.15, -0.1) is 0 Å². The largest absolute Gasteiger partial charge is 0.316 e. The smallest absolute Gasteiger partial charge is 0.00187 e. The maximum atomic E-state index is 3.61. The highest BCUT2D eigenvalue weighted by Crippen LogP contribution is 2.27. The molecular weight excluding hydrogens is 160 g/mol. The van der Waals surface area contributed by atoms with Crippen molar-refractivity contribution in [1.82, 2.24) is 10.2 Å². The Balaban J connectivity index is 1.53. The van der Waals surface area contributed by atoms with Crippen LogP contribution < -0.4 is 5.32 Å². The minimum absolute atomic E-state index is 0.954. The zero-order valence-corrected chi connectivity index (χ0v) is 8.76. The highest BCUT2D eigenvalue weighted by Gasteiger charge is 2.21. The first kappa shape index (κ1) is 9.47. The molecule has 2 heteroatoms. The van der Waals surface area contributed by atoms with Gasteiger partial charge in [-0.3, -0.25) is 0 Å². The molecule has 0 aromatic rings. The fraction of sp³-hybridized carbons (Fsp3) is 1.00. The van der Waals surface area contributed by atoms with Crippen LogP contribution in [0.1, 0.15) is 25.7 Å². The molecule has 1 saturated carbocycles. The fourth-order valence-corrected chi connectivity index (χ4v) is 2.08. The Kier molecular flexibility index (Phi) is 3.23. The zero-order valence-electron chi connectivity index (χ0n) is 8.76. The molecule has 76 valence electrons.